The van der Waals surface area contributed by atoms with Crippen molar-refractivity contribution in [2.24, 2.45) is 0 Å². The Hall–Kier alpha value is -1.68. The number of anilines is 1. The summed E-state index contributed by atoms with van der Waals surface area (Å²) >= 11 is 0. The molecule has 0 saturated heterocycles. The summed E-state index contributed by atoms with van der Waals surface area (Å²) in [6, 6.07) is 8.36. The van der Waals surface area contributed by atoms with Gasteiger partial charge in [-0.3, -0.25) is 4.98 Å². The molecule has 0 spiro atoms. The number of benzene rings is 1. The average molecular weight is 229 g/mol. The van der Waals surface area contributed by atoms with E-state index in [0.717, 1.165) is 29.7 Å². The van der Waals surface area contributed by atoms with E-state index in [1.807, 2.05) is 24.3 Å². The van der Waals surface area contributed by atoms with Gasteiger partial charge in [-0.05, 0) is 25.0 Å². The first kappa shape index (κ1) is 10.5. The summed E-state index contributed by atoms with van der Waals surface area (Å²) < 4.78 is 5.25. The van der Waals surface area contributed by atoms with E-state index in [-0.39, 0.29) is 0 Å². The van der Waals surface area contributed by atoms with Gasteiger partial charge >= 0.3 is 0 Å². The molecule has 0 atom stereocenters. The normalized spacial score (nSPS) is 23.4. The molecule has 17 heavy (non-hydrogen) atoms. The summed E-state index contributed by atoms with van der Waals surface area (Å²) in [5, 5.41) is 3.38. The second-order valence-corrected chi connectivity index (χ2v) is 4.41. The Morgan fingerprint density at radius 3 is 2.76 bits per heavy atom. The summed E-state index contributed by atoms with van der Waals surface area (Å²) in [6.45, 7) is 0. The average Bonchev–Trinajstić information content (AvgIpc) is 2.33. The number of hydrogen-bond donors (Lipinski definition) is 1. The molecule has 3 rings (SSSR count). The molecule has 0 bridgehead atoms. The third-order valence-corrected chi connectivity index (χ3v) is 3.23. The van der Waals surface area contributed by atoms with Crippen LogP contribution < -0.4 is 5.32 Å². The maximum Gasteiger partial charge on any atom is 0.145 e. The van der Waals surface area contributed by atoms with Crippen molar-refractivity contribution >= 4 is 16.9 Å². The summed E-state index contributed by atoms with van der Waals surface area (Å²) in [7, 11) is 1.76. The van der Waals surface area contributed by atoms with Gasteiger partial charge in [-0.25, -0.2) is 4.98 Å². The lowest BCUT2D eigenvalue weighted by molar-refractivity contribution is 0.0328. The van der Waals surface area contributed by atoms with Crippen molar-refractivity contribution in [1.82, 2.24) is 9.97 Å². The molecule has 1 fully saturated rings. The van der Waals surface area contributed by atoms with E-state index in [1.54, 1.807) is 13.3 Å². The van der Waals surface area contributed by atoms with E-state index in [1.165, 1.54) is 0 Å². The van der Waals surface area contributed by atoms with Gasteiger partial charge in [-0.1, -0.05) is 12.1 Å². The van der Waals surface area contributed by atoms with E-state index in [2.05, 4.69) is 15.3 Å². The van der Waals surface area contributed by atoms with Gasteiger partial charge in [0, 0.05) is 13.2 Å². The quantitative estimate of drug-likeness (QED) is 0.876. The molecule has 1 aliphatic carbocycles. The molecule has 1 N–H and O–H groups in total. The molecule has 4 heteroatoms. The Kier molecular flexibility index (Phi) is 2.65. The fraction of sp³-hybridized carbons (Fsp3) is 0.385. The van der Waals surface area contributed by atoms with Gasteiger partial charge in [-0.2, -0.15) is 0 Å². The Morgan fingerprint density at radius 2 is 2.00 bits per heavy atom. The highest BCUT2D eigenvalue weighted by Gasteiger charge is 2.28. The molecule has 1 aromatic carbocycles. The van der Waals surface area contributed by atoms with Crippen LogP contribution in [0.4, 0.5) is 5.82 Å². The van der Waals surface area contributed by atoms with Crippen LogP contribution in [0.1, 0.15) is 12.8 Å². The summed E-state index contributed by atoms with van der Waals surface area (Å²) in [5.41, 5.74) is 1.86. The molecule has 1 heterocycles. The zero-order valence-electron chi connectivity index (χ0n) is 9.76. The summed E-state index contributed by atoms with van der Waals surface area (Å²) in [6.07, 6.45) is 4.29. The van der Waals surface area contributed by atoms with Crippen molar-refractivity contribution in [3.05, 3.63) is 30.5 Å². The van der Waals surface area contributed by atoms with Crippen LogP contribution in [-0.4, -0.2) is 29.2 Å². The third kappa shape index (κ3) is 2.08. The van der Waals surface area contributed by atoms with E-state index in [9.17, 15) is 0 Å². The number of fused-ring (bicyclic) bond motifs is 1. The molecule has 2 aromatic rings. The minimum Gasteiger partial charge on any atom is -0.381 e. The molecule has 1 aromatic heterocycles. The number of para-hydroxylation sites is 2. The third-order valence-electron chi connectivity index (χ3n) is 3.23. The van der Waals surface area contributed by atoms with Crippen LogP contribution in [0, 0.1) is 0 Å². The van der Waals surface area contributed by atoms with Crippen LogP contribution in [0.3, 0.4) is 0 Å². The molecule has 0 amide bonds. The first-order valence-corrected chi connectivity index (χ1v) is 5.86. The zero-order chi connectivity index (χ0) is 11.7. The molecule has 0 radical (unpaired) electrons. The van der Waals surface area contributed by atoms with Gasteiger partial charge in [0.1, 0.15) is 5.82 Å². The van der Waals surface area contributed by atoms with E-state index < -0.39 is 0 Å². The highest BCUT2D eigenvalue weighted by Crippen LogP contribution is 2.25. The molecule has 0 unspecified atom stereocenters. The Balaban J connectivity index is 1.73. The fourth-order valence-electron chi connectivity index (χ4n) is 2.11. The molecule has 0 aliphatic heterocycles. The first-order chi connectivity index (χ1) is 8.35. The molecule has 1 saturated carbocycles. The van der Waals surface area contributed by atoms with E-state index >= 15 is 0 Å². The van der Waals surface area contributed by atoms with Gasteiger partial charge in [0.25, 0.3) is 0 Å². The van der Waals surface area contributed by atoms with Crippen LogP contribution in [-0.2, 0) is 4.74 Å². The van der Waals surface area contributed by atoms with Crippen molar-refractivity contribution < 1.29 is 4.74 Å². The highest BCUT2D eigenvalue weighted by atomic mass is 16.5. The minimum absolute atomic E-state index is 0.404. The minimum atomic E-state index is 0.404. The van der Waals surface area contributed by atoms with Crippen molar-refractivity contribution in [1.29, 1.82) is 0 Å². The Morgan fingerprint density at radius 1 is 1.24 bits per heavy atom. The number of methoxy groups -OCH3 is 1. The highest BCUT2D eigenvalue weighted by molar-refractivity contribution is 5.75. The second-order valence-electron chi connectivity index (χ2n) is 4.41. The van der Waals surface area contributed by atoms with Crippen molar-refractivity contribution in [3.8, 4) is 0 Å². The standard InChI is InChI=1S/C13H15N3O/c1-17-10-6-9(7-10)15-13-8-14-11-4-2-3-5-12(11)16-13/h2-5,8-10H,6-7H2,1H3,(H,15,16). The van der Waals surface area contributed by atoms with Crippen LogP contribution in [0.25, 0.3) is 11.0 Å². The SMILES string of the molecule is COC1CC(Nc2cnc3ccccc3n2)C1. The monoisotopic (exact) mass is 229 g/mol. The maximum absolute atomic E-state index is 5.25. The van der Waals surface area contributed by atoms with Crippen LogP contribution in [0.2, 0.25) is 0 Å². The van der Waals surface area contributed by atoms with E-state index in [4.69, 9.17) is 4.74 Å². The van der Waals surface area contributed by atoms with E-state index in [0.29, 0.717) is 12.1 Å². The predicted molar refractivity (Wildman–Crippen MR) is 67.0 cm³/mol. The van der Waals surface area contributed by atoms with Gasteiger partial charge in [0.15, 0.2) is 0 Å². The van der Waals surface area contributed by atoms with Crippen LogP contribution >= 0.6 is 0 Å². The number of rotatable bonds is 3. The molecular weight excluding hydrogens is 214 g/mol. The predicted octanol–water partition coefficient (Wildman–Crippen LogP) is 2.22. The largest absolute Gasteiger partial charge is 0.381 e. The topological polar surface area (TPSA) is 47.0 Å². The lowest BCUT2D eigenvalue weighted by Gasteiger charge is -2.34. The smallest absolute Gasteiger partial charge is 0.145 e. The first-order valence-electron chi connectivity index (χ1n) is 5.86. The maximum atomic E-state index is 5.25. The Labute approximate surface area is 100 Å². The van der Waals surface area contributed by atoms with Crippen LogP contribution in [0.5, 0.6) is 0 Å². The zero-order valence-corrected chi connectivity index (χ0v) is 9.76. The lowest BCUT2D eigenvalue weighted by atomic mass is 9.89. The summed E-state index contributed by atoms with van der Waals surface area (Å²) in [4.78, 5) is 8.91. The summed E-state index contributed by atoms with van der Waals surface area (Å²) in [5.74, 6) is 0.850. The van der Waals surface area contributed by atoms with Gasteiger partial charge in [0.05, 0.1) is 23.3 Å². The fourth-order valence-corrected chi connectivity index (χ4v) is 2.11. The number of aromatic nitrogens is 2. The number of nitrogens with zero attached hydrogens (tertiary/aromatic N) is 2. The number of ether oxygens (including phenoxy) is 1. The Bertz CT molecular complexity index is 523. The molecule has 88 valence electrons. The molecular formula is C13H15N3O. The second kappa shape index (κ2) is 4.30. The number of nitrogens with one attached hydrogen (secondary N) is 1. The van der Waals surface area contributed by atoms with Gasteiger partial charge in [0.2, 0.25) is 0 Å². The van der Waals surface area contributed by atoms with Crippen molar-refractivity contribution in [2.75, 3.05) is 12.4 Å². The van der Waals surface area contributed by atoms with Gasteiger partial charge < -0.3 is 10.1 Å². The molecule has 1 aliphatic rings. The van der Waals surface area contributed by atoms with Crippen molar-refractivity contribution in [3.63, 3.8) is 0 Å². The number of hydrogen-bond acceptors (Lipinski definition) is 4. The van der Waals surface area contributed by atoms with Crippen LogP contribution in [0.15, 0.2) is 30.5 Å². The molecule has 4 nitrogen and oxygen atoms in total. The van der Waals surface area contributed by atoms with Crippen molar-refractivity contribution in [2.45, 2.75) is 25.0 Å². The van der Waals surface area contributed by atoms with Gasteiger partial charge in [-0.15, -0.1) is 0 Å². The lowest BCUT2D eigenvalue weighted by Crippen LogP contribution is -2.40.